The first-order valence-electron chi connectivity index (χ1n) is 7.16. The Morgan fingerprint density at radius 3 is 2.72 bits per heavy atom. The first kappa shape index (κ1) is 14.0. The predicted octanol–water partition coefficient (Wildman–Crippen LogP) is 2.62. The van der Waals surface area contributed by atoms with Gasteiger partial charge in [-0.15, -0.1) is 11.3 Å². The number of nitrogens with zero attached hydrogens (tertiary/aromatic N) is 2. The number of likely N-dealkylation sites (tertiary alicyclic amines) is 1. The molecule has 1 aliphatic rings. The van der Waals surface area contributed by atoms with Crippen LogP contribution >= 0.6 is 11.3 Å². The third-order valence-corrected chi connectivity index (χ3v) is 4.75. The van der Waals surface area contributed by atoms with E-state index in [1.54, 1.807) is 11.3 Å². The minimum atomic E-state index is 0.555. The van der Waals surface area contributed by atoms with Gasteiger partial charge in [-0.1, -0.05) is 19.8 Å². The van der Waals surface area contributed by atoms with Gasteiger partial charge in [0, 0.05) is 24.3 Å². The minimum Gasteiger partial charge on any atom is -0.330 e. The lowest BCUT2D eigenvalue weighted by Gasteiger charge is -2.22. The second-order valence-electron chi connectivity index (χ2n) is 5.33. The summed E-state index contributed by atoms with van der Waals surface area (Å²) in [5.41, 5.74) is 6.74. The summed E-state index contributed by atoms with van der Waals surface area (Å²) in [6, 6.07) is 0. The zero-order valence-electron chi connectivity index (χ0n) is 11.4. The first-order chi connectivity index (χ1) is 8.79. The van der Waals surface area contributed by atoms with Crippen LogP contribution < -0.4 is 5.73 Å². The molecule has 2 heterocycles. The van der Waals surface area contributed by atoms with Crippen LogP contribution in [0.25, 0.3) is 0 Å². The van der Waals surface area contributed by atoms with Crippen molar-refractivity contribution < 1.29 is 0 Å². The van der Waals surface area contributed by atoms with Gasteiger partial charge in [-0.3, -0.25) is 0 Å². The van der Waals surface area contributed by atoms with Crippen LogP contribution in [0.1, 0.15) is 49.2 Å². The largest absolute Gasteiger partial charge is 0.330 e. The maximum atomic E-state index is 5.57. The standard InChI is InChI=1S/C14H25N3S/c1-12(10-17-8-4-2-3-5-9-17)14-16-13(6-7-15)11-18-14/h11-12H,2-10,15H2,1H3. The normalized spacial score (nSPS) is 19.7. The van der Waals surface area contributed by atoms with Crippen LogP contribution in [0, 0.1) is 0 Å². The third-order valence-electron chi connectivity index (χ3n) is 3.62. The second-order valence-corrected chi connectivity index (χ2v) is 6.22. The van der Waals surface area contributed by atoms with Crippen molar-refractivity contribution in [1.29, 1.82) is 0 Å². The number of rotatable bonds is 5. The highest BCUT2D eigenvalue weighted by Gasteiger charge is 2.16. The second kappa shape index (κ2) is 7.22. The molecule has 0 spiro atoms. The molecule has 1 atom stereocenters. The van der Waals surface area contributed by atoms with E-state index in [0.29, 0.717) is 12.5 Å². The first-order valence-corrected chi connectivity index (χ1v) is 8.04. The highest BCUT2D eigenvalue weighted by Crippen LogP contribution is 2.22. The summed E-state index contributed by atoms with van der Waals surface area (Å²) in [6.07, 6.45) is 6.45. The van der Waals surface area contributed by atoms with E-state index in [4.69, 9.17) is 10.7 Å². The summed E-state index contributed by atoms with van der Waals surface area (Å²) in [7, 11) is 0. The molecule has 4 heteroatoms. The summed E-state index contributed by atoms with van der Waals surface area (Å²) >= 11 is 1.80. The van der Waals surface area contributed by atoms with Crippen LogP contribution in [0.4, 0.5) is 0 Å². The van der Waals surface area contributed by atoms with Crippen LogP contribution in [-0.2, 0) is 6.42 Å². The Hall–Kier alpha value is -0.450. The Kier molecular flexibility index (Phi) is 5.60. The van der Waals surface area contributed by atoms with Crippen LogP contribution in [0.5, 0.6) is 0 Å². The van der Waals surface area contributed by atoms with Crippen molar-refractivity contribution >= 4 is 11.3 Å². The average Bonchev–Trinajstić information content (AvgIpc) is 2.67. The Bertz CT molecular complexity index is 343. The van der Waals surface area contributed by atoms with E-state index >= 15 is 0 Å². The van der Waals surface area contributed by atoms with Gasteiger partial charge in [0.1, 0.15) is 0 Å². The Balaban J connectivity index is 1.87. The fourth-order valence-electron chi connectivity index (χ4n) is 2.60. The molecule has 0 saturated carbocycles. The van der Waals surface area contributed by atoms with Crippen molar-refractivity contribution in [2.75, 3.05) is 26.2 Å². The molecule has 0 aliphatic carbocycles. The zero-order chi connectivity index (χ0) is 12.8. The van der Waals surface area contributed by atoms with E-state index in [0.717, 1.165) is 13.0 Å². The van der Waals surface area contributed by atoms with Gasteiger partial charge in [-0.05, 0) is 32.5 Å². The Labute approximate surface area is 114 Å². The van der Waals surface area contributed by atoms with Gasteiger partial charge in [0.25, 0.3) is 0 Å². The van der Waals surface area contributed by atoms with Gasteiger partial charge >= 0.3 is 0 Å². The van der Waals surface area contributed by atoms with Gasteiger partial charge in [-0.2, -0.15) is 0 Å². The highest BCUT2D eigenvalue weighted by atomic mass is 32.1. The summed E-state index contributed by atoms with van der Waals surface area (Å²) < 4.78 is 0. The molecule has 1 fully saturated rings. The van der Waals surface area contributed by atoms with E-state index in [1.165, 1.54) is 49.5 Å². The Morgan fingerprint density at radius 1 is 1.33 bits per heavy atom. The molecule has 0 radical (unpaired) electrons. The molecule has 1 aromatic rings. The molecular weight excluding hydrogens is 242 g/mol. The summed E-state index contributed by atoms with van der Waals surface area (Å²) in [6.45, 7) is 6.70. The monoisotopic (exact) mass is 267 g/mol. The van der Waals surface area contributed by atoms with Crippen molar-refractivity contribution in [2.45, 2.75) is 44.9 Å². The number of hydrogen-bond acceptors (Lipinski definition) is 4. The quantitative estimate of drug-likeness (QED) is 0.891. The molecular formula is C14H25N3S. The smallest absolute Gasteiger partial charge is 0.0969 e. The van der Waals surface area contributed by atoms with Crippen molar-refractivity contribution in [3.05, 3.63) is 16.1 Å². The van der Waals surface area contributed by atoms with E-state index in [9.17, 15) is 0 Å². The lowest BCUT2D eigenvalue weighted by atomic mass is 10.1. The SMILES string of the molecule is CC(CN1CCCCCC1)c1nc(CCN)cs1. The van der Waals surface area contributed by atoms with Crippen molar-refractivity contribution in [3.63, 3.8) is 0 Å². The summed E-state index contributed by atoms with van der Waals surface area (Å²) in [4.78, 5) is 7.31. The summed E-state index contributed by atoms with van der Waals surface area (Å²) in [5, 5.41) is 3.45. The van der Waals surface area contributed by atoms with E-state index in [1.807, 2.05) is 0 Å². The van der Waals surface area contributed by atoms with Gasteiger partial charge in [0.05, 0.1) is 10.7 Å². The van der Waals surface area contributed by atoms with Crippen LogP contribution in [0.2, 0.25) is 0 Å². The molecule has 1 saturated heterocycles. The molecule has 2 rings (SSSR count). The van der Waals surface area contributed by atoms with Gasteiger partial charge < -0.3 is 10.6 Å². The van der Waals surface area contributed by atoms with Crippen LogP contribution in [0.3, 0.4) is 0 Å². The number of hydrogen-bond donors (Lipinski definition) is 1. The summed E-state index contributed by atoms with van der Waals surface area (Å²) in [5.74, 6) is 0.555. The zero-order valence-corrected chi connectivity index (χ0v) is 12.2. The van der Waals surface area contributed by atoms with Crippen molar-refractivity contribution in [3.8, 4) is 0 Å². The maximum absolute atomic E-state index is 5.57. The topological polar surface area (TPSA) is 42.2 Å². The predicted molar refractivity (Wildman–Crippen MR) is 78.2 cm³/mol. The lowest BCUT2D eigenvalue weighted by Crippen LogP contribution is -2.28. The van der Waals surface area contributed by atoms with Crippen LogP contribution in [0.15, 0.2) is 5.38 Å². The molecule has 102 valence electrons. The highest BCUT2D eigenvalue weighted by molar-refractivity contribution is 7.09. The molecule has 0 amide bonds. The molecule has 0 aromatic carbocycles. The molecule has 1 unspecified atom stereocenters. The number of nitrogens with two attached hydrogens (primary N) is 1. The van der Waals surface area contributed by atoms with Gasteiger partial charge in [0.2, 0.25) is 0 Å². The van der Waals surface area contributed by atoms with Gasteiger partial charge in [-0.25, -0.2) is 4.98 Å². The molecule has 1 aromatic heterocycles. The number of thiazole rings is 1. The molecule has 0 bridgehead atoms. The minimum absolute atomic E-state index is 0.555. The average molecular weight is 267 g/mol. The third kappa shape index (κ3) is 4.04. The van der Waals surface area contributed by atoms with Crippen molar-refractivity contribution in [1.82, 2.24) is 9.88 Å². The Morgan fingerprint density at radius 2 is 2.06 bits per heavy atom. The molecule has 2 N–H and O–H groups in total. The fourth-order valence-corrected chi connectivity index (χ4v) is 3.50. The number of aromatic nitrogens is 1. The maximum Gasteiger partial charge on any atom is 0.0969 e. The molecule has 3 nitrogen and oxygen atoms in total. The van der Waals surface area contributed by atoms with E-state index in [2.05, 4.69) is 17.2 Å². The van der Waals surface area contributed by atoms with Gasteiger partial charge in [0.15, 0.2) is 0 Å². The van der Waals surface area contributed by atoms with Crippen LogP contribution in [-0.4, -0.2) is 36.1 Å². The molecule has 18 heavy (non-hydrogen) atoms. The lowest BCUT2D eigenvalue weighted by molar-refractivity contribution is 0.271. The van der Waals surface area contributed by atoms with Crippen molar-refractivity contribution in [2.24, 2.45) is 5.73 Å². The molecule has 1 aliphatic heterocycles. The van der Waals surface area contributed by atoms with E-state index in [-0.39, 0.29) is 0 Å². The fraction of sp³-hybridized carbons (Fsp3) is 0.786. The van der Waals surface area contributed by atoms with E-state index < -0.39 is 0 Å².